The Morgan fingerprint density at radius 3 is 1.95 bits per heavy atom. The minimum absolute atomic E-state index is 0.0298. The zero-order chi connectivity index (χ0) is 15.7. The van der Waals surface area contributed by atoms with E-state index in [0.717, 1.165) is 16.7 Å². The lowest BCUT2D eigenvalue weighted by Gasteiger charge is -2.22. The lowest BCUT2D eigenvalue weighted by molar-refractivity contribution is 0.460. The van der Waals surface area contributed by atoms with Gasteiger partial charge in [-0.2, -0.15) is 0 Å². The number of nitrogens with two attached hydrogens (primary N) is 1. The Kier molecular flexibility index (Phi) is 4.38. The van der Waals surface area contributed by atoms with Crippen molar-refractivity contribution < 1.29 is 5.11 Å². The van der Waals surface area contributed by atoms with Crippen LogP contribution in [-0.2, 0) is 0 Å². The standard InChI is InChI=1S/C19H25NO/c1-11-6-13(3)15(5)16(8-11)18(10-20)17-9-12(2)7-14(4)19(17)21/h6-9,18,21H,10,20H2,1-5H3. The average molecular weight is 283 g/mol. The second-order valence-electron chi connectivity index (χ2n) is 6.10. The van der Waals surface area contributed by atoms with Crippen LogP contribution < -0.4 is 5.73 Å². The average Bonchev–Trinajstić information content (AvgIpc) is 2.41. The van der Waals surface area contributed by atoms with E-state index in [1.165, 1.54) is 22.3 Å². The van der Waals surface area contributed by atoms with Gasteiger partial charge in [-0.25, -0.2) is 0 Å². The Labute approximate surface area is 127 Å². The van der Waals surface area contributed by atoms with Gasteiger partial charge in [0.25, 0.3) is 0 Å². The summed E-state index contributed by atoms with van der Waals surface area (Å²) < 4.78 is 0. The van der Waals surface area contributed by atoms with E-state index >= 15 is 0 Å². The van der Waals surface area contributed by atoms with E-state index in [1.54, 1.807) is 0 Å². The maximum Gasteiger partial charge on any atom is 0.122 e. The predicted octanol–water partition coefficient (Wildman–Crippen LogP) is 4.02. The van der Waals surface area contributed by atoms with Crippen LogP contribution in [-0.4, -0.2) is 11.7 Å². The van der Waals surface area contributed by atoms with E-state index in [-0.39, 0.29) is 5.92 Å². The number of hydrogen-bond donors (Lipinski definition) is 2. The molecule has 0 heterocycles. The molecule has 0 bridgehead atoms. The van der Waals surface area contributed by atoms with Crippen molar-refractivity contribution in [3.8, 4) is 5.75 Å². The fourth-order valence-electron chi connectivity index (χ4n) is 3.11. The van der Waals surface area contributed by atoms with Crippen molar-refractivity contribution in [1.29, 1.82) is 0 Å². The molecule has 2 aromatic carbocycles. The van der Waals surface area contributed by atoms with Gasteiger partial charge in [0.15, 0.2) is 0 Å². The number of benzene rings is 2. The van der Waals surface area contributed by atoms with Gasteiger partial charge in [-0.05, 0) is 56.9 Å². The first-order chi connectivity index (χ1) is 9.85. The van der Waals surface area contributed by atoms with Gasteiger partial charge in [0.1, 0.15) is 5.75 Å². The molecule has 1 atom stereocenters. The van der Waals surface area contributed by atoms with Gasteiger partial charge in [-0.1, -0.05) is 35.4 Å². The molecule has 0 saturated carbocycles. The van der Waals surface area contributed by atoms with Crippen molar-refractivity contribution in [2.45, 2.75) is 40.5 Å². The largest absolute Gasteiger partial charge is 0.507 e. The van der Waals surface area contributed by atoms with Crippen LogP contribution in [0.1, 0.15) is 44.9 Å². The third-order valence-electron chi connectivity index (χ3n) is 4.31. The molecule has 0 radical (unpaired) electrons. The molecule has 0 aliphatic carbocycles. The molecule has 3 N–H and O–H groups in total. The van der Waals surface area contributed by atoms with Crippen molar-refractivity contribution in [3.63, 3.8) is 0 Å². The molecule has 0 aliphatic rings. The molecule has 0 aliphatic heterocycles. The lowest BCUT2D eigenvalue weighted by atomic mass is 9.84. The third kappa shape index (κ3) is 2.96. The summed E-state index contributed by atoms with van der Waals surface area (Å²) in [4.78, 5) is 0. The molecule has 0 fully saturated rings. The number of phenols is 1. The Morgan fingerprint density at radius 2 is 1.38 bits per heavy atom. The number of hydrogen-bond acceptors (Lipinski definition) is 2. The van der Waals surface area contributed by atoms with Crippen LogP contribution in [0.4, 0.5) is 0 Å². The number of aryl methyl sites for hydroxylation is 4. The Hall–Kier alpha value is -1.80. The molecular weight excluding hydrogens is 258 g/mol. The van der Waals surface area contributed by atoms with Gasteiger partial charge in [0, 0.05) is 18.0 Å². The molecule has 2 nitrogen and oxygen atoms in total. The normalized spacial score (nSPS) is 12.5. The first kappa shape index (κ1) is 15.6. The van der Waals surface area contributed by atoms with Gasteiger partial charge in [0.2, 0.25) is 0 Å². The van der Waals surface area contributed by atoms with Crippen molar-refractivity contribution in [2.24, 2.45) is 5.73 Å². The van der Waals surface area contributed by atoms with E-state index in [9.17, 15) is 5.11 Å². The highest BCUT2D eigenvalue weighted by molar-refractivity contribution is 5.51. The van der Waals surface area contributed by atoms with Crippen molar-refractivity contribution in [3.05, 3.63) is 63.2 Å². The summed E-state index contributed by atoms with van der Waals surface area (Å²) in [5, 5.41) is 10.5. The molecule has 0 aromatic heterocycles. The summed E-state index contributed by atoms with van der Waals surface area (Å²) in [6, 6.07) is 8.43. The molecule has 0 amide bonds. The number of phenolic OH excluding ortho intramolecular Hbond substituents is 1. The van der Waals surface area contributed by atoms with Crippen LogP contribution in [0, 0.1) is 34.6 Å². The Bertz CT molecular complexity index is 616. The lowest BCUT2D eigenvalue weighted by Crippen LogP contribution is -2.16. The molecule has 2 aromatic rings. The predicted molar refractivity (Wildman–Crippen MR) is 89.1 cm³/mol. The third-order valence-corrected chi connectivity index (χ3v) is 4.31. The van der Waals surface area contributed by atoms with E-state index in [0.29, 0.717) is 12.3 Å². The van der Waals surface area contributed by atoms with Crippen LogP contribution in [0.2, 0.25) is 0 Å². The van der Waals surface area contributed by atoms with Gasteiger partial charge >= 0.3 is 0 Å². The van der Waals surface area contributed by atoms with Crippen molar-refractivity contribution in [1.82, 2.24) is 0 Å². The summed E-state index contributed by atoms with van der Waals surface area (Å²) in [7, 11) is 0. The minimum atomic E-state index is 0.0298. The molecule has 112 valence electrons. The van der Waals surface area contributed by atoms with E-state index in [4.69, 9.17) is 5.73 Å². The number of rotatable bonds is 3. The van der Waals surface area contributed by atoms with Crippen LogP contribution in [0.25, 0.3) is 0 Å². The van der Waals surface area contributed by atoms with E-state index < -0.39 is 0 Å². The molecule has 2 rings (SSSR count). The molecule has 1 unspecified atom stereocenters. The zero-order valence-corrected chi connectivity index (χ0v) is 13.6. The van der Waals surface area contributed by atoms with Gasteiger partial charge in [-0.15, -0.1) is 0 Å². The van der Waals surface area contributed by atoms with Crippen LogP contribution >= 0.6 is 0 Å². The second kappa shape index (κ2) is 5.90. The van der Waals surface area contributed by atoms with Crippen LogP contribution in [0.3, 0.4) is 0 Å². The first-order valence-corrected chi connectivity index (χ1v) is 7.43. The number of aromatic hydroxyl groups is 1. The Balaban J connectivity index is 2.66. The highest BCUT2D eigenvalue weighted by Gasteiger charge is 2.20. The van der Waals surface area contributed by atoms with Crippen LogP contribution in [0.15, 0.2) is 24.3 Å². The topological polar surface area (TPSA) is 46.2 Å². The fraction of sp³-hybridized carbons (Fsp3) is 0.368. The highest BCUT2D eigenvalue weighted by atomic mass is 16.3. The molecule has 2 heteroatoms. The zero-order valence-electron chi connectivity index (χ0n) is 13.6. The summed E-state index contributed by atoms with van der Waals surface area (Å²) in [5.74, 6) is 0.400. The summed E-state index contributed by atoms with van der Waals surface area (Å²) in [6.45, 7) is 10.8. The SMILES string of the molecule is Cc1cc(C)c(C)c(C(CN)c2cc(C)cc(C)c2O)c1. The minimum Gasteiger partial charge on any atom is -0.507 e. The van der Waals surface area contributed by atoms with Gasteiger partial charge in [0.05, 0.1) is 0 Å². The van der Waals surface area contributed by atoms with E-state index in [1.807, 2.05) is 13.0 Å². The van der Waals surface area contributed by atoms with Gasteiger partial charge in [-0.3, -0.25) is 0 Å². The molecule has 0 spiro atoms. The Morgan fingerprint density at radius 1 is 0.857 bits per heavy atom. The van der Waals surface area contributed by atoms with Crippen molar-refractivity contribution in [2.75, 3.05) is 6.54 Å². The molecule has 0 saturated heterocycles. The smallest absolute Gasteiger partial charge is 0.122 e. The van der Waals surface area contributed by atoms with Gasteiger partial charge < -0.3 is 10.8 Å². The summed E-state index contributed by atoms with van der Waals surface area (Å²) in [5.41, 5.74) is 14.0. The quantitative estimate of drug-likeness (QED) is 0.893. The monoisotopic (exact) mass is 283 g/mol. The second-order valence-corrected chi connectivity index (χ2v) is 6.10. The fourth-order valence-corrected chi connectivity index (χ4v) is 3.11. The highest BCUT2D eigenvalue weighted by Crippen LogP contribution is 2.36. The van der Waals surface area contributed by atoms with Crippen molar-refractivity contribution >= 4 is 0 Å². The first-order valence-electron chi connectivity index (χ1n) is 7.43. The van der Waals surface area contributed by atoms with E-state index in [2.05, 4.69) is 45.9 Å². The maximum absolute atomic E-state index is 10.5. The summed E-state index contributed by atoms with van der Waals surface area (Å²) in [6.07, 6.45) is 0. The molecule has 21 heavy (non-hydrogen) atoms. The van der Waals surface area contributed by atoms with Crippen LogP contribution in [0.5, 0.6) is 5.75 Å². The summed E-state index contributed by atoms with van der Waals surface area (Å²) >= 11 is 0. The molecular formula is C19H25NO. The maximum atomic E-state index is 10.5.